The summed E-state index contributed by atoms with van der Waals surface area (Å²) in [6, 6.07) is 3.96. The van der Waals surface area contributed by atoms with Gasteiger partial charge in [0.15, 0.2) is 0 Å². The van der Waals surface area contributed by atoms with Crippen LogP contribution >= 0.6 is 0 Å². The Morgan fingerprint density at radius 2 is 2.03 bits per heavy atom. The second kappa shape index (κ2) is 8.04. The predicted octanol–water partition coefficient (Wildman–Crippen LogP) is 5.88. The second-order valence-corrected chi connectivity index (χ2v) is 9.93. The molecule has 0 aromatic heterocycles. The molecule has 29 heavy (non-hydrogen) atoms. The molecule has 1 aromatic rings. The normalized spacial score (nSPS) is 25.5. The Kier molecular flexibility index (Phi) is 6.02. The van der Waals surface area contributed by atoms with Crippen LogP contribution in [-0.4, -0.2) is 21.9 Å². The first-order valence-corrected chi connectivity index (χ1v) is 10.9. The minimum atomic E-state index is -0.696. The van der Waals surface area contributed by atoms with E-state index in [0.717, 1.165) is 36.1 Å². The highest BCUT2D eigenvalue weighted by Gasteiger charge is 2.48. The largest absolute Gasteiger partial charge is 0.508 e. The van der Waals surface area contributed by atoms with Crippen LogP contribution in [0.15, 0.2) is 12.1 Å². The van der Waals surface area contributed by atoms with Gasteiger partial charge in [-0.3, -0.25) is 0 Å². The molecule has 1 fully saturated rings. The van der Waals surface area contributed by atoms with Crippen LogP contribution in [0.3, 0.4) is 0 Å². The summed E-state index contributed by atoms with van der Waals surface area (Å²) in [7, 11) is 0. The van der Waals surface area contributed by atoms with E-state index in [0.29, 0.717) is 12.8 Å². The highest BCUT2D eigenvalue weighted by atomic mass is 17.0. The number of nitrogens with zero attached hydrogens (tertiary/aromatic N) is 1. The smallest absolute Gasteiger partial charge is 0.294 e. The molecular weight excluding hydrogens is 370 g/mol. The van der Waals surface area contributed by atoms with E-state index < -0.39 is 16.8 Å². The number of hydrogen-bond acceptors (Lipinski definition) is 5. The van der Waals surface area contributed by atoms with Crippen LogP contribution in [0.25, 0.3) is 0 Å². The zero-order valence-corrected chi connectivity index (χ0v) is 18.4. The summed E-state index contributed by atoms with van der Waals surface area (Å²) in [6.45, 7) is 10.8. The van der Waals surface area contributed by atoms with Crippen LogP contribution in [0.5, 0.6) is 11.5 Å². The maximum Gasteiger partial charge on any atom is 0.294 e. The van der Waals surface area contributed by atoms with Crippen molar-refractivity contribution in [2.45, 2.75) is 103 Å². The van der Waals surface area contributed by atoms with Crippen molar-refractivity contribution in [2.24, 2.45) is 5.92 Å². The van der Waals surface area contributed by atoms with Crippen molar-refractivity contribution in [1.82, 2.24) is 0 Å². The number of benzene rings is 1. The number of ether oxygens (including phenoxy) is 1. The van der Waals surface area contributed by atoms with Crippen molar-refractivity contribution in [3.05, 3.63) is 33.4 Å². The molecule has 1 aliphatic heterocycles. The number of phenolic OH excluding ortho intramolecular Hbond substituents is 1. The van der Waals surface area contributed by atoms with Crippen LogP contribution in [0.1, 0.15) is 96.6 Å². The summed E-state index contributed by atoms with van der Waals surface area (Å²) in [4.78, 5) is 15.7. The molecule has 0 saturated heterocycles. The van der Waals surface area contributed by atoms with E-state index in [4.69, 9.17) is 9.57 Å². The number of aromatic hydroxyl groups is 1. The van der Waals surface area contributed by atoms with Gasteiger partial charge >= 0.3 is 0 Å². The molecule has 0 amide bonds. The molecule has 6 heteroatoms. The molecule has 1 N–H and O–H groups in total. The van der Waals surface area contributed by atoms with Crippen LogP contribution < -0.4 is 4.74 Å². The first-order valence-electron chi connectivity index (χ1n) is 10.9. The number of hydrogen-bond donors (Lipinski definition) is 1. The molecule has 162 valence electrons. The van der Waals surface area contributed by atoms with Gasteiger partial charge in [0.2, 0.25) is 0 Å². The van der Waals surface area contributed by atoms with Crippen molar-refractivity contribution in [3.8, 4) is 11.5 Å². The molecule has 0 radical (unpaired) electrons. The predicted molar refractivity (Wildman–Crippen MR) is 112 cm³/mol. The highest BCUT2D eigenvalue weighted by molar-refractivity contribution is 5.53. The monoisotopic (exact) mass is 405 g/mol. The van der Waals surface area contributed by atoms with Crippen LogP contribution in [-0.2, 0) is 10.3 Å². The lowest BCUT2D eigenvalue weighted by Gasteiger charge is -2.49. The maximum atomic E-state index is 11.0. The van der Waals surface area contributed by atoms with Gasteiger partial charge in [-0.2, -0.15) is 0 Å². The van der Waals surface area contributed by atoms with Gasteiger partial charge in [0.05, 0.1) is 0 Å². The Bertz CT molecular complexity index is 758. The molecule has 2 aliphatic rings. The van der Waals surface area contributed by atoms with Gasteiger partial charge in [-0.1, -0.05) is 40.0 Å². The fourth-order valence-electron chi connectivity index (χ4n) is 5.28. The topological polar surface area (TPSA) is 81.8 Å². The van der Waals surface area contributed by atoms with E-state index in [1.165, 1.54) is 12.8 Å². The van der Waals surface area contributed by atoms with Crippen LogP contribution in [0.4, 0.5) is 0 Å². The average molecular weight is 406 g/mol. The van der Waals surface area contributed by atoms with Crippen LogP contribution in [0, 0.1) is 16.0 Å². The standard InChI is InChI=1S/C23H35NO5/c1-6-7-8-11-22(2,3)15-12-19(25)21-17-14-16(29-24(26)27)9-10-18(17)23(4,5)28-20(21)13-15/h12-13,16-18,25H,6-11,14H2,1-5H3/t16-,17-,18-/m1/s1. The summed E-state index contributed by atoms with van der Waals surface area (Å²) in [5, 5.41) is 21.1. The number of rotatable bonds is 7. The Balaban J connectivity index is 1.95. The molecule has 0 unspecified atom stereocenters. The molecule has 0 spiro atoms. The lowest BCUT2D eigenvalue weighted by atomic mass is 9.65. The van der Waals surface area contributed by atoms with Gasteiger partial charge in [0.1, 0.15) is 23.2 Å². The van der Waals surface area contributed by atoms with Gasteiger partial charge in [0, 0.05) is 11.5 Å². The molecule has 3 rings (SSSR count). The summed E-state index contributed by atoms with van der Waals surface area (Å²) in [5.74, 6) is 1.14. The van der Waals surface area contributed by atoms with E-state index in [9.17, 15) is 15.2 Å². The lowest BCUT2D eigenvalue weighted by Crippen LogP contribution is -2.48. The fraction of sp³-hybridized carbons (Fsp3) is 0.739. The zero-order valence-electron chi connectivity index (χ0n) is 18.4. The lowest BCUT2D eigenvalue weighted by molar-refractivity contribution is -0.769. The summed E-state index contributed by atoms with van der Waals surface area (Å²) >= 11 is 0. The van der Waals surface area contributed by atoms with Crippen molar-refractivity contribution in [3.63, 3.8) is 0 Å². The SMILES string of the molecule is CCCCCC(C)(C)c1cc(O)c2c(c1)OC(C)(C)[C@@H]1CC[C@@H](O[N+](=O)[O-])C[C@@H]21. The highest BCUT2D eigenvalue weighted by Crippen LogP contribution is 2.55. The Hall–Kier alpha value is -1.98. The third-order valence-electron chi connectivity index (χ3n) is 6.98. The molecule has 1 heterocycles. The van der Waals surface area contributed by atoms with Gasteiger partial charge in [0.25, 0.3) is 5.09 Å². The van der Waals surface area contributed by atoms with E-state index in [1.807, 2.05) is 6.07 Å². The first-order chi connectivity index (χ1) is 13.5. The molecular formula is C23H35NO5. The van der Waals surface area contributed by atoms with E-state index in [-0.39, 0.29) is 23.0 Å². The van der Waals surface area contributed by atoms with E-state index in [2.05, 4.69) is 40.7 Å². The molecule has 6 nitrogen and oxygen atoms in total. The van der Waals surface area contributed by atoms with Crippen molar-refractivity contribution >= 4 is 0 Å². The molecule has 0 bridgehead atoms. The van der Waals surface area contributed by atoms with Gasteiger partial charge in [-0.15, -0.1) is 10.1 Å². The third kappa shape index (κ3) is 4.46. The van der Waals surface area contributed by atoms with Crippen LogP contribution in [0.2, 0.25) is 0 Å². The fourth-order valence-corrected chi connectivity index (χ4v) is 5.28. The quantitative estimate of drug-likeness (QED) is 0.348. The second-order valence-electron chi connectivity index (χ2n) is 9.93. The zero-order chi connectivity index (χ0) is 21.4. The van der Waals surface area contributed by atoms with Gasteiger partial charge in [-0.25, -0.2) is 0 Å². The third-order valence-corrected chi connectivity index (χ3v) is 6.98. The van der Waals surface area contributed by atoms with Crippen molar-refractivity contribution in [1.29, 1.82) is 0 Å². The van der Waals surface area contributed by atoms with Gasteiger partial charge in [-0.05, 0) is 68.6 Å². The molecule has 1 aliphatic carbocycles. The van der Waals surface area contributed by atoms with Crippen molar-refractivity contribution in [2.75, 3.05) is 0 Å². The van der Waals surface area contributed by atoms with E-state index >= 15 is 0 Å². The molecule has 1 saturated carbocycles. The maximum absolute atomic E-state index is 11.0. The summed E-state index contributed by atoms with van der Waals surface area (Å²) < 4.78 is 6.41. The van der Waals surface area contributed by atoms with Crippen molar-refractivity contribution < 1.29 is 19.8 Å². The Morgan fingerprint density at radius 1 is 1.31 bits per heavy atom. The summed E-state index contributed by atoms with van der Waals surface area (Å²) in [6.07, 6.45) is 6.08. The summed E-state index contributed by atoms with van der Waals surface area (Å²) in [5.41, 5.74) is 1.41. The number of phenols is 1. The average Bonchev–Trinajstić information content (AvgIpc) is 2.60. The minimum absolute atomic E-state index is 0.00953. The van der Waals surface area contributed by atoms with E-state index in [1.54, 1.807) is 0 Å². The minimum Gasteiger partial charge on any atom is -0.508 e. The Morgan fingerprint density at radius 3 is 2.69 bits per heavy atom. The number of unbranched alkanes of at least 4 members (excludes halogenated alkanes) is 2. The van der Waals surface area contributed by atoms with Gasteiger partial charge < -0.3 is 14.7 Å². The Labute approximate surface area is 173 Å². The number of fused-ring (bicyclic) bond motifs is 3. The molecule has 1 aromatic carbocycles. The molecule has 3 atom stereocenters. The first kappa shape index (κ1) is 21.7.